The molecule has 0 fully saturated rings. The van der Waals surface area contributed by atoms with Gasteiger partial charge >= 0.3 is 0 Å². The summed E-state index contributed by atoms with van der Waals surface area (Å²) in [5.41, 5.74) is 4.33. The number of likely N-dealkylation sites (N-methyl/N-ethyl adjacent to an activating group) is 1. The van der Waals surface area contributed by atoms with Gasteiger partial charge in [-0.25, -0.2) is 8.78 Å². The van der Waals surface area contributed by atoms with Crippen molar-refractivity contribution in [3.8, 4) is 0 Å². The molecule has 2 aromatic rings. The van der Waals surface area contributed by atoms with E-state index in [-0.39, 0.29) is 6.04 Å². The summed E-state index contributed by atoms with van der Waals surface area (Å²) in [6.07, 6.45) is 0.605. The van der Waals surface area contributed by atoms with Gasteiger partial charge in [0.15, 0.2) is 11.6 Å². The quantitative estimate of drug-likeness (QED) is 0.930. The van der Waals surface area contributed by atoms with E-state index in [4.69, 9.17) is 4.74 Å². The molecular weight excluding hydrogens is 272 g/mol. The first-order chi connectivity index (χ1) is 10.2. The van der Waals surface area contributed by atoms with Crippen LogP contribution in [0.1, 0.15) is 28.3 Å². The molecule has 0 aliphatic carbocycles. The molecule has 0 saturated heterocycles. The van der Waals surface area contributed by atoms with E-state index in [1.807, 2.05) is 7.05 Å². The van der Waals surface area contributed by atoms with Crippen LogP contribution in [0.25, 0.3) is 0 Å². The minimum atomic E-state index is -0.811. The second kappa shape index (κ2) is 5.92. The summed E-state index contributed by atoms with van der Waals surface area (Å²) >= 11 is 0. The van der Waals surface area contributed by atoms with Crippen LogP contribution in [0, 0.1) is 11.6 Å². The monoisotopic (exact) mass is 289 g/mol. The molecule has 2 aromatic carbocycles. The Hall–Kier alpha value is -1.78. The summed E-state index contributed by atoms with van der Waals surface area (Å²) in [6.45, 7) is 1.31. The van der Waals surface area contributed by atoms with Gasteiger partial charge in [0, 0.05) is 6.04 Å². The first-order valence-electron chi connectivity index (χ1n) is 6.98. The van der Waals surface area contributed by atoms with Crippen molar-refractivity contribution in [1.82, 2.24) is 5.32 Å². The lowest BCUT2D eigenvalue weighted by Crippen LogP contribution is -2.19. The van der Waals surface area contributed by atoms with Crippen LogP contribution in [0.3, 0.4) is 0 Å². The fraction of sp³-hybridized carbons (Fsp3) is 0.294. The third-order valence-corrected chi connectivity index (χ3v) is 3.92. The molecule has 4 heteroatoms. The van der Waals surface area contributed by atoms with Gasteiger partial charge in [0.1, 0.15) is 0 Å². The number of halogens is 2. The van der Waals surface area contributed by atoms with E-state index in [1.54, 1.807) is 6.07 Å². The Balaban J connectivity index is 1.83. The fourth-order valence-electron chi connectivity index (χ4n) is 2.70. The fourth-order valence-corrected chi connectivity index (χ4v) is 2.70. The van der Waals surface area contributed by atoms with Crippen LogP contribution >= 0.6 is 0 Å². The molecule has 110 valence electrons. The van der Waals surface area contributed by atoms with Crippen LogP contribution in [-0.2, 0) is 24.4 Å². The number of nitrogens with one attached hydrogen (secondary N) is 1. The molecule has 0 spiro atoms. The zero-order valence-electron chi connectivity index (χ0n) is 11.8. The highest BCUT2D eigenvalue weighted by Crippen LogP contribution is 2.26. The molecule has 1 heterocycles. The van der Waals surface area contributed by atoms with Crippen molar-refractivity contribution < 1.29 is 13.5 Å². The number of hydrogen-bond acceptors (Lipinski definition) is 2. The number of ether oxygens (including phenoxy) is 1. The molecule has 0 amide bonds. The molecule has 0 bridgehead atoms. The van der Waals surface area contributed by atoms with Crippen molar-refractivity contribution in [2.24, 2.45) is 0 Å². The third-order valence-electron chi connectivity index (χ3n) is 3.92. The summed E-state index contributed by atoms with van der Waals surface area (Å²) in [4.78, 5) is 0. The van der Waals surface area contributed by atoms with Crippen molar-refractivity contribution >= 4 is 0 Å². The molecule has 0 radical (unpaired) electrons. The number of fused-ring (bicyclic) bond motifs is 1. The normalized spacial score (nSPS) is 15.0. The number of hydrogen-bond donors (Lipinski definition) is 1. The number of rotatable bonds is 4. The van der Waals surface area contributed by atoms with Crippen molar-refractivity contribution in [2.45, 2.75) is 25.7 Å². The largest absolute Gasteiger partial charge is 0.372 e. The van der Waals surface area contributed by atoms with E-state index in [1.165, 1.54) is 23.3 Å². The molecule has 0 saturated carbocycles. The molecule has 21 heavy (non-hydrogen) atoms. The molecule has 0 aromatic heterocycles. The lowest BCUT2D eigenvalue weighted by molar-refractivity contribution is 0.134. The predicted molar refractivity (Wildman–Crippen MR) is 76.8 cm³/mol. The van der Waals surface area contributed by atoms with Crippen LogP contribution in [0.2, 0.25) is 0 Å². The van der Waals surface area contributed by atoms with Crippen molar-refractivity contribution in [2.75, 3.05) is 7.05 Å². The van der Waals surface area contributed by atoms with E-state index < -0.39 is 11.6 Å². The minimum absolute atomic E-state index is 0.0563. The van der Waals surface area contributed by atoms with Crippen molar-refractivity contribution in [1.29, 1.82) is 0 Å². The smallest absolute Gasteiger partial charge is 0.159 e. The standard InChI is InChI=1S/C17H17F2NO/c1-20-17(7-11-2-5-15(18)16(19)6-11)12-3-4-13-9-21-10-14(13)8-12/h2-6,8,17,20H,7,9-10H2,1H3. The molecule has 3 rings (SSSR count). The lowest BCUT2D eigenvalue weighted by Gasteiger charge is -2.18. The highest BCUT2D eigenvalue weighted by atomic mass is 19.2. The van der Waals surface area contributed by atoms with Gasteiger partial charge in [0.2, 0.25) is 0 Å². The maximum absolute atomic E-state index is 13.3. The van der Waals surface area contributed by atoms with Crippen molar-refractivity contribution in [3.05, 3.63) is 70.3 Å². The molecule has 1 atom stereocenters. The Morgan fingerprint density at radius 3 is 2.62 bits per heavy atom. The number of benzene rings is 2. The Morgan fingerprint density at radius 2 is 1.86 bits per heavy atom. The molecule has 1 aliphatic rings. The lowest BCUT2D eigenvalue weighted by atomic mass is 9.96. The van der Waals surface area contributed by atoms with Gasteiger partial charge in [-0.05, 0) is 47.9 Å². The minimum Gasteiger partial charge on any atom is -0.372 e. The van der Waals surface area contributed by atoms with Crippen LogP contribution in [-0.4, -0.2) is 7.05 Å². The average molecular weight is 289 g/mol. The summed E-state index contributed by atoms with van der Waals surface area (Å²) in [5.74, 6) is -1.61. The van der Waals surface area contributed by atoms with Crippen LogP contribution in [0.15, 0.2) is 36.4 Å². The first-order valence-corrected chi connectivity index (χ1v) is 6.98. The molecule has 1 unspecified atom stereocenters. The third kappa shape index (κ3) is 2.96. The van der Waals surface area contributed by atoms with Gasteiger partial charge in [-0.15, -0.1) is 0 Å². The summed E-state index contributed by atoms with van der Waals surface area (Å²) in [6, 6.07) is 10.4. The zero-order chi connectivity index (χ0) is 14.8. The SMILES string of the molecule is CNC(Cc1ccc(F)c(F)c1)c1ccc2c(c1)COC2. The van der Waals surface area contributed by atoms with Crippen LogP contribution in [0.5, 0.6) is 0 Å². The second-order valence-electron chi connectivity index (χ2n) is 5.31. The highest BCUT2D eigenvalue weighted by Gasteiger charge is 2.16. The highest BCUT2D eigenvalue weighted by molar-refractivity contribution is 5.35. The van der Waals surface area contributed by atoms with Crippen LogP contribution in [0.4, 0.5) is 8.78 Å². The maximum atomic E-state index is 13.3. The maximum Gasteiger partial charge on any atom is 0.159 e. The van der Waals surface area contributed by atoms with Crippen LogP contribution < -0.4 is 5.32 Å². The molecular formula is C17H17F2NO. The van der Waals surface area contributed by atoms with Gasteiger partial charge in [0.05, 0.1) is 13.2 Å². The van der Waals surface area contributed by atoms with E-state index >= 15 is 0 Å². The zero-order valence-corrected chi connectivity index (χ0v) is 11.8. The van der Waals surface area contributed by atoms with Gasteiger partial charge in [0.25, 0.3) is 0 Å². The Bertz CT molecular complexity index is 657. The Kier molecular flexibility index (Phi) is 3.99. The second-order valence-corrected chi connectivity index (χ2v) is 5.31. The van der Waals surface area contributed by atoms with Gasteiger partial charge in [-0.1, -0.05) is 24.3 Å². The van der Waals surface area contributed by atoms with Gasteiger partial charge in [-0.2, -0.15) is 0 Å². The average Bonchev–Trinajstić information content (AvgIpc) is 2.95. The van der Waals surface area contributed by atoms with Gasteiger partial charge < -0.3 is 10.1 Å². The van der Waals surface area contributed by atoms with E-state index in [9.17, 15) is 8.78 Å². The summed E-state index contributed by atoms with van der Waals surface area (Å²) in [5, 5.41) is 3.24. The van der Waals surface area contributed by atoms with Crippen molar-refractivity contribution in [3.63, 3.8) is 0 Å². The van der Waals surface area contributed by atoms with E-state index in [0.717, 1.165) is 11.1 Å². The first kappa shape index (κ1) is 14.2. The summed E-state index contributed by atoms with van der Waals surface area (Å²) in [7, 11) is 1.87. The predicted octanol–water partition coefficient (Wildman–Crippen LogP) is 3.50. The Labute approximate surface area is 122 Å². The van der Waals surface area contributed by atoms with E-state index in [2.05, 4.69) is 23.5 Å². The van der Waals surface area contributed by atoms with E-state index in [0.29, 0.717) is 19.6 Å². The van der Waals surface area contributed by atoms with Gasteiger partial charge in [-0.3, -0.25) is 0 Å². The molecule has 1 N–H and O–H groups in total. The topological polar surface area (TPSA) is 21.3 Å². The summed E-state index contributed by atoms with van der Waals surface area (Å²) < 4.78 is 31.7. The Morgan fingerprint density at radius 1 is 1.05 bits per heavy atom. The molecule has 1 aliphatic heterocycles. The molecule has 2 nitrogen and oxygen atoms in total.